The molecule has 0 aliphatic heterocycles. The van der Waals surface area contributed by atoms with Gasteiger partial charge in [-0.2, -0.15) is 0 Å². The van der Waals surface area contributed by atoms with E-state index in [4.69, 9.17) is 4.74 Å². The molecule has 2 aromatic carbocycles. The van der Waals surface area contributed by atoms with Gasteiger partial charge in [-0.1, -0.05) is 102 Å². The van der Waals surface area contributed by atoms with Crippen molar-refractivity contribution in [3.05, 3.63) is 66.5 Å². The van der Waals surface area contributed by atoms with E-state index in [-0.39, 0.29) is 6.61 Å². The molecular formula is C31H41FN2O. The maximum atomic E-state index is 13.9. The molecule has 1 aromatic heterocycles. The molecular weight excluding hydrogens is 435 g/mol. The van der Waals surface area contributed by atoms with E-state index < -0.39 is 6.17 Å². The highest BCUT2D eigenvalue weighted by atomic mass is 19.1. The number of halogens is 1. The van der Waals surface area contributed by atoms with Crippen LogP contribution in [0.4, 0.5) is 4.39 Å². The Bertz CT molecular complexity index is 955. The van der Waals surface area contributed by atoms with Gasteiger partial charge in [-0.05, 0) is 42.5 Å². The Kier molecular flexibility index (Phi) is 11.7. The van der Waals surface area contributed by atoms with E-state index in [9.17, 15) is 4.39 Å². The zero-order chi connectivity index (χ0) is 24.7. The molecule has 188 valence electrons. The smallest absolute Gasteiger partial charge is 0.159 e. The van der Waals surface area contributed by atoms with Gasteiger partial charge in [0.1, 0.15) is 18.5 Å². The summed E-state index contributed by atoms with van der Waals surface area (Å²) < 4.78 is 19.5. The minimum atomic E-state index is -0.910. The van der Waals surface area contributed by atoms with Crippen LogP contribution in [0, 0.1) is 0 Å². The summed E-state index contributed by atoms with van der Waals surface area (Å²) in [6.07, 6.45) is 15.5. The maximum Gasteiger partial charge on any atom is 0.159 e. The van der Waals surface area contributed by atoms with Crippen molar-refractivity contribution in [2.45, 2.75) is 90.6 Å². The van der Waals surface area contributed by atoms with Gasteiger partial charge in [0.15, 0.2) is 5.82 Å². The number of ether oxygens (including phenoxy) is 1. The van der Waals surface area contributed by atoms with E-state index in [1.54, 1.807) is 0 Å². The summed E-state index contributed by atoms with van der Waals surface area (Å²) >= 11 is 0. The normalized spacial score (nSPS) is 12.0. The molecule has 3 nitrogen and oxygen atoms in total. The summed E-state index contributed by atoms with van der Waals surface area (Å²) in [6, 6.07) is 16.3. The van der Waals surface area contributed by atoms with Crippen molar-refractivity contribution < 1.29 is 9.13 Å². The minimum Gasteiger partial charge on any atom is -0.491 e. The molecule has 0 N–H and O–H groups in total. The summed E-state index contributed by atoms with van der Waals surface area (Å²) in [5, 5.41) is 0. The Hall–Kier alpha value is -2.75. The molecule has 35 heavy (non-hydrogen) atoms. The molecule has 1 heterocycles. The molecule has 3 rings (SSSR count). The van der Waals surface area contributed by atoms with E-state index in [1.807, 2.05) is 36.7 Å². The summed E-state index contributed by atoms with van der Waals surface area (Å²) in [5.41, 5.74) is 4.37. The van der Waals surface area contributed by atoms with Gasteiger partial charge in [-0.15, -0.1) is 0 Å². The number of aromatic nitrogens is 2. The fourth-order valence-electron chi connectivity index (χ4n) is 4.19. The second kappa shape index (κ2) is 15.3. The molecule has 0 radical (unpaired) electrons. The molecule has 4 heteroatoms. The van der Waals surface area contributed by atoms with Crippen molar-refractivity contribution in [3.63, 3.8) is 0 Å². The van der Waals surface area contributed by atoms with Gasteiger partial charge in [0.2, 0.25) is 0 Å². The summed E-state index contributed by atoms with van der Waals surface area (Å²) in [5.74, 6) is 1.42. The third kappa shape index (κ3) is 9.43. The average Bonchev–Trinajstić information content (AvgIpc) is 2.90. The topological polar surface area (TPSA) is 35.0 Å². The molecule has 0 saturated carbocycles. The van der Waals surface area contributed by atoms with Gasteiger partial charge in [-0.3, -0.25) is 0 Å². The zero-order valence-corrected chi connectivity index (χ0v) is 21.5. The average molecular weight is 477 g/mol. The molecule has 0 aliphatic rings. The van der Waals surface area contributed by atoms with Gasteiger partial charge in [0, 0.05) is 23.5 Å². The first-order valence-electron chi connectivity index (χ1n) is 13.5. The van der Waals surface area contributed by atoms with Crippen LogP contribution < -0.4 is 4.74 Å². The van der Waals surface area contributed by atoms with Gasteiger partial charge >= 0.3 is 0 Å². The number of benzene rings is 2. The van der Waals surface area contributed by atoms with Crippen LogP contribution in [0.5, 0.6) is 5.75 Å². The van der Waals surface area contributed by atoms with Crippen LogP contribution in [0.3, 0.4) is 0 Å². The number of rotatable bonds is 16. The molecule has 0 fully saturated rings. The Balaban J connectivity index is 1.47. The maximum absolute atomic E-state index is 13.9. The predicted molar refractivity (Wildman–Crippen MR) is 145 cm³/mol. The molecule has 3 aromatic rings. The van der Waals surface area contributed by atoms with E-state index in [1.165, 1.54) is 44.1 Å². The highest BCUT2D eigenvalue weighted by molar-refractivity contribution is 5.64. The number of unbranched alkanes of at least 4 members (excludes halogenated alkanes) is 7. The largest absolute Gasteiger partial charge is 0.491 e. The second-order valence-electron chi connectivity index (χ2n) is 9.44. The monoisotopic (exact) mass is 476 g/mol. The standard InChI is InChI=1S/C31H41FN2O/c1-3-5-7-8-9-11-12-25-14-16-27(17-15-25)31-33-22-28(23-34-31)26-18-20-30(21-19-26)35-24-29(32)13-10-6-4-2/h14-23,29H,3-13,24H2,1-2H3. The molecule has 1 unspecified atom stereocenters. The number of nitrogens with zero attached hydrogens (tertiary/aromatic N) is 2. The van der Waals surface area contributed by atoms with E-state index in [2.05, 4.69) is 48.1 Å². The van der Waals surface area contributed by atoms with Crippen molar-refractivity contribution in [1.29, 1.82) is 0 Å². The fraction of sp³-hybridized carbons (Fsp3) is 0.484. The summed E-state index contributed by atoms with van der Waals surface area (Å²) in [7, 11) is 0. The van der Waals surface area contributed by atoms with Crippen LogP contribution >= 0.6 is 0 Å². The first kappa shape index (κ1) is 26.8. The molecule has 0 bridgehead atoms. The van der Waals surface area contributed by atoms with Gasteiger partial charge < -0.3 is 4.74 Å². The fourth-order valence-corrected chi connectivity index (χ4v) is 4.19. The Morgan fingerprint density at radius 2 is 1.29 bits per heavy atom. The number of hydrogen-bond donors (Lipinski definition) is 0. The number of alkyl halides is 1. The third-order valence-electron chi connectivity index (χ3n) is 6.42. The number of hydrogen-bond acceptors (Lipinski definition) is 3. The van der Waals surface area contributed by atoms with Gasteiger partial charge in [0.25, 0.3) is 0 Å². The summed E-state index contributed by atoms with van der Waals surface area (Å²) in [4.78, 5) is 9.17. The van der Waals surface area contributed by atoms with Crippen LogP contribution in [0.1, 0.15) is 83.6 Å². The Morgan fingerprint density at radius 1 is 0.686 bits per heavy atom. The lowest BCUT2D eigenvalue weighted by Gasteiger charge is -2.11. The Labute approximate surface area is 211 Å². The van der Waals surface area contributed by atoms with Crippen LogP contribution in [-0.4, -0.2) is 22.7 Å². The van der Waals surface area contributed by atoms with Crippen LogP contribution in [-0.2, 0) is 6.42 Å². The van der Waals surface area contributed by atoms with Crippen LogP contribution in [0.25, 0.3) is 22.5 Å². The molecule has 0 saturated heterocycles. The SMILES string of the molecule is CCCCCCCCc1ccc(-c2ncc(-c3ccc(OCC(F)CCCCC)cc3)cn2)cc1. The van der Waals surface area contributed by atoms with Crippen LogP contribution in [0.2, 0.25) is 0 Å². The van der Waals surface area contributed by atoms with Crippen LogP contribution in [0.15, 0.2) is 60.9 Å². The van der Waals surface area contributed by atoms with Crippen molar-refractivity contribution in [1.82, 2.24) is 9.97 Å². The Morgan fingerprint density at radius 3 is 1.97 bits per heavy atom. The molecule has 0 spiro atoms. The lowest BCUT2D eigenvalue weighted by molar-refractivity contribution is 0.184. The lowest BCUT2D eigenvalue weighted by atomic mass is 10.0. The first-order valence-corrected chi connectivity index (χ1v) is 13.5. The molecule has 0 aliphatic carbocycles. The highest BCUT2D eigenvalue weighted by Crippen LogP contribution is 2.24. The van der Waals surface area contributed by atoms with Gasteiger partial charge in [0.05, 0.1) is 0 Å². The predicted octanol–water partition coefficient (Wildman–Crippen LogP) is 9.01. The van der Waals surface area contributed by atoms with Gasteiger partial charge in [-0.25, -0.2) is 14.4 Å². The zero-order valence-electron chi connectivity index (χ0n) is 21.5. The van der Waals surface area contributed by atoms with Crippen molar-refractivity contribution >= 4 is 0 Å². The molecule has 0 amide bonds. The molecule has 1 atom stereocenters. The highest BCUT2D eigenvalue weighted by Gasteiger charge is 2.08. The summed E-state index contributed by atoms with van der Waals surface area (Å²) in [6.45, 7) is 4.49. The lowest BCUT2D eigenvalue weighted by Crippen LogP contribution is -2.12. The van der Waals surface area contributed by atoms with Crippen molar-refractivity contribution in [2.75, 3.05) is 6.61 Å². The van der Waals surface area contributed by atoms with E-state index in [0.717, 1.165) is 48.2 Å². The van der Waals surface area contributed by atoms with Crippen molar-refractivity contribution in [2.24, 2.45) is 0 Å². The number of aryl methyl sites for hydroxylation is 1. The second-order valence-corrected chi connectivity index (χ2v) is 9.44. The third-order valence-corrected chi connectivity index (χ3v) is 6.42. The minimum absolute atomic E-state index is 0.110. The van der Waals surface area contributed by atoms with Crippen molar-refractivity contribution in [3.8, 4) is 28.3 Å². The first-order chi connectivity index (χ1) is 17.2. The van der Waals surface area contributed by atoms with E-state index >= 15 is 0 Å². The quantitative estimate of drug-likeness (QED) is 0.193. The van der Waals surface area contributed by atoms with E-state index in [0.29, 0.717) is 12.2 Å².